The van der Waals surface area contributed by atoms with Crippen LogP contribution in [0.4, 0.5) is 0 Å². The zero-order chi connectivity index (χ0) is 11.2. The van der Waals surface area contributed by atoms with Gasteiger partial charge in [-0.1, -0.05) is 13.3 Å². The molecule has 0 aliphatic rings. The van der Waals surface area contributed by atoms with Gasteiger partial charge in [-0.25, -0.2) is 13.1 Å². The monoisotopic (exact) mass is 219 g/mol. The van der Waals surface area contributed by atoms with Crippen LogP contribution in [-0.4, -0.2) is 26.3 Å². The Kier molecular flexibility index (Phi) is 5.69. The van der Waals surface area contributed by atoms with Gasteiger partial charge in [-0.2, -0.15) is 5.26 Å². The van der Waals surface area contributed by atoms with E-state index in [4.69, 9.17) is 11.0 Å². The molecule has 14 heavy (non-hydrogen) atoms. The molecule has 0 bridgehead atoms. The summed E-state index contributed by atoms with van der Waals surface area (Å²) in [7, 11) is -3.53. The molecule has 0 saturated carbocycles. The van der Waals surface area contributed by atoms with Crippen molar-refractivity contribution in [1.82, 2.24) is 4.72 Å². The van der Waals surface area contributed by atoms with Crippen LogP contribution >= 0.6 is 0 Å². The van der Waals surface area contributed by atoms with Gasteiger partial charge in [-0.05, 0) is 13.3 Å². The van der Waals surface area contributed by atoms with Gasteiger partial charge < -0.3 is 5.73 Å². The topological polar surface area (TPSA) is 96.0 Å². The van der Waals surface area contributed by atoms with E-state index in [9.17, 15) is 8.42 Å². The molecule has 6 heteroatoms. The summed E-state index contributed by atoms with van der Waals surface area (Å²) in [6.07, 6.45) is 1.54. The lowest BCUT2D eigenvalue weighted by Gasteiger charge is -2.16. The standard InChI is InChI=1S/C8H17N3O2S/c1-3-4-8(6-10)11-14(12,13)7(2)5-9/h7-8,11H,3-4,6,10H2,1-2H3. The second kappa shape index (κ2) is 5.96. The van der Waals surface area contributed by atoms with Crippen LogP contribution in [0.15, 0.2) is 0 Å². The number of hydrogen-bond acceptors (Lipinski definition) is 4. The van der Waals surface area contributed by atoms with Crippen LogP contribution in [0.2, 0.25) is 0 Å². The molecule has 0 aromatic carbocycles. The van der Waals surface area contributed by atoms with Gasteiger partial charge in [0.2, 0.25) is 10.0 Å². The number of rotatable bonds is 6. The molecule has 0 fully saturated rings. The maximum atomic E-state index is 11.4. The van der Waals surface area contributed by atoms with E-state index in [1.54, 1.807) is 6.07 Å². The average molecular weight is 219 g/mol. The predicted octanol–water partition coefficient (Wildman–Crippen LogP) is -0.0547. The minimum atomic E-state index is -3.53. The first-order chi connectivity index (χ1) is 6.47. The first-order valence-electron chi connectivity index (χ1n) is 4.58. The molecule has 2 atom stereocenters. The summed E-state index contributed by atoms with van der Waals surface area (Å²) < 4.78 is 25.3. The Bertz CT molecular complexity index is 294. The minimum Gasteiger partial charge on any atom is -0.329 e. The van der Waals surface area contributed by atoms with E-state index in [0.29, 0.717) is 6.42 Å². The van der Waals surface area contributed by atoms with Crippen molar-refractivity contribution in [2.75, 3.05) is 6.54 Å². The highest BCUT2D eigenvalue weighted by Crippen LogP contribution is 2.02. The van der Waals surface area contributed by atoms with E-state index in [1.165, 1.54) is 6.92 Å². The molecule has 5 nitrogen and oxygen atoms in total. The molecular weight excluding hydrogens is 202 g/mol. The Labute approximate surface area is 85.3 Å². The lowest BCUT2D eigenvalue weighted by atomic mass is 10.2. The van der Waals surface area contributed by atoms with Crippen molar-refractivity contribution in [3.8, 4) is 6.07 Å². The fraction of sp³-hybridized carbons (Fsp3) is 0.875. The molecule has 0 aliphatic heterocycles. The molecule has 0 saturated heterocycles. The third kappa shape index (κ3) is 4.05. The Hall–Kier alpha value is -0.640. The van der Waals surface area contributed by atoms with Crippen LogP contribution in [0.25, 0.3) is 0 Å². The predicted molar refractivity (Wildman–Crippen MR) is 54.9 cm³/mol. The van der Waals surface area contributed by atoms with Crippen molar-refractivity contribution in [2.24, 2.45) is 5.73 Å². The van der Waals surface area contributed by atoms with E-state index >= 15 is 0 Å². The van der Waals surface area contributed by atoms with Gasteiger partial charge in [-0.3, -0.25) is 0 Å². The van der Waals surface area contributed by atoms with Crippen LogP contribution in [0.5, 0.6) is 0 Å². The zero-order valence-corrected chi connectivity index (χ0v) is 9.34. The molecule has 0 aromatic heterocycles. The lowest BCUT2D eigenvalue weighted by molar-refractivity contribution is 0.524. The highest BCUT2D eigenvalue weighted by molar-refractivity contribution is 7.90. The first-order valence-corrected chi connectivity index (χ1v) is 6.13. The molecule has 0 amide bonds. The second-order valence-corrected chi connectivity index (χ2v) is 5.19. The van der Waals surface area contributed by atoms with Crippen LogP contribution < -0.4 is 10.5 Å². The number of nitrogens with one attached hydrogen (secondary N) is 1. The SMILES string of the molecule is CCCC(CN)NS(=O)(=O)C(C)C#N. The second-order valence-electron chi connectivity index (χ2n) is 3.16. The lowest BCUT2D eigenvalue weighted by Crippen LogP contribution is -2.43. The van der Waals surface area contributed by atoms with Gasteiger partial charge in [0.1, 0.15) is 0 Å². The van der Waals surface area contributed by atoms with E-state index in [2.05, 4.69) is 4.72 Å². The average Bonchev–Trinajstić information content (AvgIpc) is 2.15. The Balaban J connectivity index is 4.42. The summed E-state index contributed by atoms with van der Waals surface area (Å²) in [4.78, 5) is 0. The van der Waals surface area contributed by atoms with Gasteiger partial charge in [0.25, 0.3) is 0 Å². The summed E-state index contributed by atoms with van der Waals surface area (Å²) >= 11 is 0. The zero-order valence-electron chi connectivity index (χ0n) is 8.53. The van der Waals surface area contributed by atoms with Crippen LogP contribution in [0, 0.1) is 11.3 Å². The highest BCUT2D eigenvalue weighted by Gasteiger charge is 2.22. The van der Waals surface area contributed by atoms with Gasteiger partial charge >= 0.3 is 0 Å². The number of nitrogens with zero attached hydrogens (tertiary/aromatic N) is 1. The van der Waals surface area contributed by atoms with Crippen molar-refractivity contribution < 1.29 is 8.42 Å². The molecule has 0 heterocycles. The molecule has 82 valence electrons. The van der Waals surface area contributed by atoms with Crippen molar-refractivity contribution in [2.45, 2.75) is 38.0 Å². The molecule has 0 rings (SSSR count). The summed E-state index contributed by atoms with van der Waals surface area (Å²) in [5.74, 6) is 0. The smallest absolute Gasteiger partial charge is 0.227 e. The van der Waals surface area contributed by atoms with Crippen molar-refractivity contribution >= 4 is 10.0 Å². The van der Waals surface area contributed by atoms with Crippen molar-refractivity contribution in [1.29, 1.82) is 5.26 Å². The van der Waals surface area contributed by atoms with Crippen LogP contribution in [0.3, 0.4) is 0 Å². The van der Waals surface area contributed by atoms with Gasteiger partial charge in [0.15, 0.2) is 5.25 Å². The Morgan fingerprint density at radius 1 is 1.57 bits per heavy atom. The maximum Gasteiger partial charge on any atom is 0.227 e. The van der Waals surface area contributed by atoms with Crippen molar-refractivity contribution in [3.05, 3.63) is 0 Å². The maximum absolute atomic E-state index is 11.4. The molecule has 0 radical (unpaired) electrons. The fourth-order valence-corrected chi connectivity index (χ4v) is 2.00. The van der Waals surface area contributed by atoms with E-state index < -0.39 is 15.3 Å². The molecule has 0 spiro atoms. The fourth-order valence-electron chi connectivity index (χ4n) is 0.977. The van der Waals surface area contributed by atoms with Crippen molar-refractivity contribution in [3.63, 3.8) is 0 Å². The van der Waals surface area contributed by atoms with E-state index in [0.717, 1.165) is 6.42 Å². The molecular formula is C8H17N3O2S. The number of nitrogens with two attached hydrogens (primary N) is 1. The summed E-state index contributed by atoms with van der Waals surface area (Å²) in [5.41, 5.74) is 5.40. The number of sulfonamides is 1. The van der Waals surface area contributed by atoms with Gasteiger partial charge in [-0.15, -0.1) is 0 Å². The molecule has 0 aromatic rings. The molecule has 0 aliphatic carbocycles. The number of nitriles is 1. The van der Waals surface area contributed by atoms with E-state index in [1.807, 2.05) is 6.92 Å². The number of hydrogen-bond donors (Lipinski definition) is 2. The highest BCUT2D eigenvalue weighted by atomic mass is 32.2. The van der Waals surface area contributed by atoms with E-state index in [-0.39, 0.29) is 12.6 Å². The Morgan fingerprint density at radius 3 is 2.50 bits per heavy atom. The van der Waals surface area contributed by atoms with Crippen LogP contribution in [0.1, 0.15) is 26.7 Å². The summed E-state index contributed by atoms with van der Waals surface area (Å²) in [6, 6.07) is 1.42. The van der Waals surface area contributed by atoms with Gasteiger partial charge in [0.05, 0.1) is 6.07 Å². The summed E-state index contributed by atoms with van der Waals surface area (Å²) in [6.45, 7) is 3.55. The molecule has 3 N–H and O–H groups in total. The minimum absolute atomic E-state index is 0.255. The third-order valence-corrected chi connectivity index (χ3v) is 3.60. The van der Waals surface area contributed by atoms with Gasteiger partial charge in [0, 0.05) is 12.6 Å². The normalized spacial score (nSPS) is 15.9. The van der Waals surface area contributed by atoms with Crippen LogP contribution in [-0.2, 0) is 10.0 Å². The first kappa shape index (κ1) is 13.4. The summed E-state index contributed by atoms with van der Waals surface area (Å²) in [5, 5.41) is 7.45. The third-order valence-electron chi connectivity index (χ3n) is 1.90. The molecule has 2 unspecified atom stereocenters. The Morgan fingerprint density at radius 2 is 2.14 bits per heavy atom. The largest absolute Gasteiger partial charge is 0.329 e. The quantitative estimate of drug-likeness (QED) is 0.654.